The number of nitrogens with zero attached hydrogens (tertiary/aromatic N) is 1. The lowest BCUT2D eigenvalue weighted by Crippen LogP contribution is -2.27. The second-order valence-corrected chi connectivity index (χ2v) is 6.78. The van der Waals surface area contributed by atoms with Crippen LogP contribution in [-0.4, -0.2) is 31.3 Å². The molecule has 26 heavy (non-hydrogen) atoms. The Morgan fingerprint density at radius 3 is 2.50 bits per heavy atom. The van der Waals surface area contributed by atoms with E-state index >= 15 is 0 Å². The van der Waals surface area contributed by atoms with Crippen LogP contribution in [0.3, 0.4) is 0 Å². The minimum Gasteiger partial charge on any atom is -0.490 e. The Bertz CT molecular complexity index is 791. The highest BCUT2D eigenvalue weighted by Crippen LogP contribution is 2.31. The number of esters is 1. The molecular formula is C20H21NO4S. The summed E-state index contributed by atoms with van der Waals surface area (Å²) >= 11 is 1.64. The molecule has 1 atom stereocenters. The lowest BCUT2D eigenvalue weighted by Gasteiger charge is -2.17. The van der Waals surface area contributed by atoms with Gasteiger partial charge in [0.25, 0.3) is 0 Å². The molecule has 6 heteroatoms. The lowest BCUT2D eigenvalue weighted by atomic mass is 10.1. The summed E-state index contributed by atoms with van der Waals surface area (Å²) in [6, 6.07) is 14.8. The molecule has 2 aromatic rings. The van der Waals surface area contributed by atoms with Crippen molar-refractivity contribution in [2.75, 3.05) is 24.3 Å². The van der Waals surface area contributed by atoms with Crippen molar-refractivity contribution in [1.82, 2.24) is 0 Å². The minimum atomic E-state index is -0.489. The van der Waals surface area contributed by atoms with Gasteiger partial charge in [-0.05, 0) is 49.6 Å². The van der Waals surface area contributed by atoms with Crippen molar-refractivity contribution in [1.29, 1.82) is 0 Å². The van der Waals surface area contributed by atoms with E-state index in [1.165, 1.54) is 0 Å². The Kier molecular flexibility index (Phi) is 5.83. The number of thioether (sulfide) groups is 1. The van der Waals surface area contributed by atoms with E-state index in [0.29, 0.717) is 24.7 Å². The number of carbonyl (C=O) groups excluding carboxylic acids is 2. The highest BCUT2D eigenvalue weighted by atomic mass is 32.2. The third kappa shape index (κ3) is 4.02. The summed E-state index contributed by atoms with van der Waals surface area (Å²) < 4.78 is 11.0. The van der Waals surface area contributed by atoms with Crippen LogP contribution in [0.25, 0.3) is 0 Å². The smallest absolute Gasteiger partial charge is 0.316 e. The van der Waals surface area contributed by atoms with Gasteiger partial charge < -0.3 is 14.4 Å². The van der Waals surface area contributed by atoms with E-state index in [4.69, 9.17) is 9.47 Å². The van der Waals surface area contributed by atoms with Gasteiger partial charge in [-0.1, -0.05) is 12.1 Å². The van der Waals surface area contributed by atoms with Crippen LogP contribution in [0.15, 0.2) is 53.4 Å². The predicted molar refractivity (Wildman–Crippen MR) is 102 cm³/mol. The molecule has 1 amide bonds. The van der Waals surface area contributed by atoms with Crippen LogP contribution in [0.2, 0.25) is 0 Å². The quantitative estimate of drug-likeness (QED) is 0.440. The fraction of sp³-hybridized carbons (Fsp3) is 0.300. The summed E-state index contributed by atoms with van der Waals surface area (Å²) in [6.45, 7) is 2.68. The Morgan fingerprint density at radius 1 is 1.15 bits per heavy atom. The number of anilines is 1. The molecule has 0 aliphatic carbocycles. The van der Waals surface area contributed by atoms with Crippen LogP contribution in [0, 0.1) is 5.92 Å². The Morgan fingerprint density at radius 2 is 1.85 bits per heavy atom. The average Bonchev–Trinajstić information content (AvgIpc) is 3.05. The highest BCUT2D eigenvalue weighted by molar-refractivity contribution is 7.98. The minimum absolute atomic E-state index is 0.0676. The normalized spacial score (nSPS) is 16.6. The van der Waals surface area contributed by atoms with Crippen LogP contribution in [0.5, 0.6) is 11.5 Å². The largest absolute Gasteiger partial charge is 0.490 e. The van der Waals surface area contributed by atoms with E-state index in [9.17, 15) is 9.59 Å². The van der Waals surface area contributed by atoms with Gasteiger partial charge in [-0.15, -0.1) is 11.8 Å². The van der Waals surface area contributed by atoms with Crippen LogP contribution in [-0.2, 0) is 9.59 Å². The van der Waals surface area contributed by atoms with Gasteiger partial charge in [0.05, 0.1) is 12.5 Å². The van der Waals surface area contributed by atoms with Crippen LogP contribution >= 0.6 is 11.8 Å². The van der Waals surface area contributed by atoms with Crippen molar-refractivity contribution < 1.29 is 19.1 Å². The molecule has 1 heterocycles. The Hall–Kier alpha value is -2.47. The topological polar surface area (TPSA) is 55.8 Å². The number of hydrogen-bond donors (Lipinski definition) is 0. The van der Waals surface area contributed by atoms with E-state index in [1.807, 2.05) is 43.5 Å². The van der Waals surface area contributed by atoms with Gasteiger partial charge >= 0.3 is 5.97 Å². The molecule has 5 nitrogen and oxygen atoms in total. The molecule has 1 aliphatic heterocycles. The Labute approximate surface area is 157 Å². The first-order chi connectivity index (χ1) is 12.6. The molecule has 1 saturated heterocycles. The number of benzene rings is 2. The van der Waals surface area contributed by atoms with Crippen LogP contribution in [0.1, 0.15) is 13.3 Å². The molecule has 136 valence electrons. The van der Waals surface area contributed by atoms with Gasteiger partial charge in [-0.2, -0.15) is 0 Å². The zero-order valence-corrected chi connectivity index (χ0v) is 15.6. The first-order valence-corrected chi connectivity index (χ1v) is 9.72. The maximum atomic E-state index is 12.5. The van der Waals surface area contributed by atoms with Crippen LogP contribution in [0.4, 0.5) is 5.69 Å². The molecular weight excluding hydrogens is 350 g/mol. The molecule has 0 radical (unpaired) electrons. The Balaban J connectivity index is 1.69. The number of para-hydroxylation sites is 2. The molecule has 2 aromatic carbocycles. The molecule has 0 spiro atoms. The van der Waals surface area contributed by atoms with E-state index in [0.717, 1.165) is 10.6 Å². The fourth-order valence-corrected chi connectivity index (χ4v) is 3.29. The summed E-state index contributed by atoms with van der Waals surface area (Å²) in [5.74, 6) is -0.0557. The van der Waals surface area contributed by atoms with Gasteiger partial charge in [-0.25, -0.2) is 0 Å². The summed E-state index contributed by atoms with van der Waals surface area (Å²) in [4.78, 5) is 27.7. The molecule has 0 aromatic heterocycles. The maximum absolute atomic E-state index is 12.5. The number of amides is 1. The SMILES string of the molecule is CCOc1ccccc1OC(=O)C1CC(=O)N(c2ccc(SC)cc2)C1. The van der Waals surface area contributed by atoms with Crippen LogP contribution < -0.4 is 14.4 Å². The lowest BCUT2D eigenvalue weighted by molar-refractivity contribution is -0.139. The standard InChI is InChI=1S/C20H21NO4S/c1-3-24-17-6-4-5-7-18(17)25-20(23)14-12-19(22)21(13-14)15-8-10-16(26-2)11-9-15/h4-11,14H,3,12-13H2,1-2H3. The second kappa shape index (κ2) is 8.27. The molecule has 0 saturated carbocycles. The van der Waals surface area contributed by atoms with E-state index in [-0.39, 0.29) is 12.3 Å². The second-order valence-electron chi connectivity index (χ2n) is 5.90. The van der Waals surface area contributed by atoms with Crippen molar-refractivity contribution in [2.24, 2.45) is 5.92 Å². The van der Waals surface area contributed by atoms with Crippen molar-refractivity contribution in [3.63, 3.8) is 0 Å². The first-order valence-electron chi connectivity index (χ1n) is 8.50. The van der Waals surface area contributed by atoms with Gasteiger partial charge in [-0.3, -0.25) is 9.59 Å². The molecule has 1 aliphatic rings. The van der Waals surface area contributed by atoms with E-state index in [2.05, 4.69) is 0 Å². The van der Waals surface area contributed by atoms with Crippen molar-refractivity contribution in [3.05, 3.63) is 48.5 Å². The van der Waals surface area contributed by atoms with Gasteiger partial charge in [0.1, 0.15) is 0 Å². The highest BCUT2D eigenvalue weighted by Gasteiger charge is 2.36. The average molecular weight is 371 g/mol. The monoisotopic (exact) mass is 371 g/mol. The zero-order valence-electron chi connectivity index (χ0n) is 14.8. The molecule has 0 N–H and O–H groups in total. The number of hydrogen-bond acceptors (Lipinski definition) is 5. The van der Waals surface area contributed by atoms with Crippen molar-refractivity contribution in [3.8, 4) is 11.5 Å². The summed E-state index contributed by atoms with van der Waals surface area (Å²) in [6.07, 6.45) is 2.15. The van der Waals surface area contributed by atoms with Crippen molar-refractivity contribution in [2.45, 2.75) is 18.2 Å². The third-order valence-electron chi connectivity index (χ3n) is 4.20. The summed E-state index contributed by atoms with van der Waals surface area (Å²) in [5, 5.41) is 0. The van der Waals surface area contributed by atoms with Gasteiger partial charge in [0, 0.05) is 23.5 Å². The summed E-state index contributed by atoms with van der Waals surface area (Å²) in [7, 11) is 0. The van der Waals surface area contributed by atoms with E-state index in [1.54, 1.807) is 34.9 Å². The maximum Gasteiger partial charge on any atom is 0.316 e. The first kappa shape index (κ1) is 18.3. The molecule has 1 unspecified atom stereocenters. The number of ether oxygens (including phenoxy) is 2. The third-order valence-corrected chi connectivity index (χ3v) is 4.95. The van der Waals surface area contributed by atoms with Crippen molar-refractivity contribution >= 4 is 29.3 Å². The molecule has 3 rings (SSSR count). The number of rotatable bonds is 6. The fourth-order valence-electron chi connectivity index (χ4n) is 2.88. The molecule has 1 fully saturated rings. The van der Waals surface area contributed by atoms with Gasteiger partial charge in [0.2, 0.25) is 5.91 Å². The number of carbonyl (C=O) groups is 2. The summed E-state index contributed by atoms with van der Waals surface area (Å²) in [5.41, 5.74) is 0.804. The zero-order chi connectivity index (χ0) is 18.5. The van der Waals surface area contributed by atoms with E-state index < -0.39 is 11.9 Å². The predicted octanol–water partition coefficient (Wildman–Crippen LogP) is 3.77. The van der Waals surface area contributed by atoms with Gasteiger partial charge in [0.15, 0.2) is 11.5 Å². The molecule has 0 bridgehead atoms.